The molecule has 150 valence electrons. The van der Waals surface area contributed by atoms with Gasteiger partial charge in [-0.15, -0.1) is 0 Å². The summed E-state index contributed by atoms with van der Waals surface area (Å²) in [5.41, 5.74) is 2.64. The third-order valence-electron chi connectivity index (χ3n) is 4.52. The smallest absolute Gasteiger partial charge is 0.306 e. The van der Waals surface area contributed by atoms with Crippen LogP contribution in [-0.4, -0.2) is 48.2 Å². The van der Waals surface area contributed by atoms with Gasteiger partial charge in [-0.25, -0.2) is 13.1 Å². The van der Waals surface area contributed by atoms with E-state index in [1.807, 2.05) is 38.1 Å². The number of rotatable bonds is 6. The molecule has 0 aliphatic carbocycles. The molecule has 1 aromatic carbocycles. The van der Waals surface area contributed by atoms with Crippen LogP contribution in [-0.2, 0) is 24.2 Å². The Morgan fingerprint density at radius 1 is 1.25 bits per heavy atom. The monoisotopic (exact) mass is 405 g/mol. The minimum atomic E-state index is -3.04. The number of nitrogens with zero attached hydrogens (tertiary/aromatic N) is 2. The number of nitrogens with one attached hydrogen (secondary N) is 1. The second-order valence-electron chi connectivity index (χ2n) is 7.10. The Morgan fingerprint density at radius 3 is 2.61 bits per heavy atom. The molecule has 1 atom stereocenters. The van der Waals surface area contributed by atoms with Crippen LogP contribution in [0.4, 0.5) is 5.82 Å². The summed E-state index contributed by atoms with van der Waals surface area (Å²) in [5.74, 6) is -0.700. The third kappa shape index (κ3) is 5.19. The Morgan fingerprint density at radius 2 is 1.96 bits per heavy atom. The average Bonchev–Trinajstić information content (AvgIpc) is 3.15. The molecule has 1 fully saturated rings. The highest BCUT2D eigenvalue weighted by Gasteiger charge is 2.30. The molecule has 0 bridgehead atoms. The van der Waals surface area contributed by atoms with Gasteiger partial charge in [0.15, 0.2) is 16.4 Å². The van der Waals surface area contributed by atoms with Crippen LogP contribution >= 0.6 is 0 Å². The number of carbonyl (C=O) groups is 2. The van der Waals surface area contributed by atoms with Crippen molar-refractivity contribution in [2.24, 2.45) is 5.92 Å². The molecular weight excluding hydrogens is 382 g/mol. The first kappa shape index (κ1) is 20.1. The molecular formula is C19H23N3O5S. The number of hydrogen-bond donors (Lipinski definition) is 1. The molecule has 1 N–H and O–H groups in total. The molecule has 2 aromatic rings. The Kier molecular flexibility index (Phi) is 5.83. The van der Waals surface area contributed by atoms with E-state index in [1.54, 1.807) is 10.7 Å². The second-order valence-corrected chi connectivity index (χ2v) is 9.33. The van der Waals surface area contributed by atoms with Gasteiger partial charge in [0.1, 0.15) is 5.82 Å². The highest BCUT2D eigenvalue weighted by molar-refractivity contribution is 7.91. The Bertz CT molecular complexity index is 979. The molecule has 1 aromatic heterocycles. The lowest BCUT2D eigenvalue weighted by atomic mass is 10.1. The third-order valence-corrected chi connectivity index (χ3v) is 6.36. The van der Waals surface area contributed by atoms with Crippen molar-refractivity contribution < 1.29 is 22.7 Å². The van der Waals surface area contributed by atoms with Gasteiger partial charge in [-0.1, -0.05) is 17.7 Å². The summed E-state index contributed by atoms with van der Waals surface area (Å²) in [4.78, 5) is 24.1. The maximum absolute atomic E-state index is 12.2. The number of anilines is 1. The number of amides is 1. The van der Waals surface area contributed by atoms with E-state index in [4.69, 9.17) is 4.74 Å². The first-order valence-electron chi connectivity index (χ1n) is 9.01. The standard InChI is InChI=1S/C19H23N3O5S/c1-13-3-5-16(6-4-13)22-17(9-14(2)21-22)20-18(23)11-27-19(24)10-15-7-8-28(25,26)12-15/h3-6,9,15H,7-8,10-12H2,1-2H3,(H,20,23)/t15-/m0/s1. The van der Waals surface area contributed by atoms with Gasteiger partial charge in [-0.3, -0.25) is 9.59 Å². The molecule has 2 heterocycles. The number of benzene rings is 1. The Labute approximate surface area is 163 Å². The topological polar surface area (TPSA) is 107 Å². The lowest BCUT2D eigenvalue weighted by Gasteiger charge is -2.10. The average molecular weight is 405 g/mol. The number of ether oxygens (including phenoxy) is 1. The van der Waals surface area contributed by atoms with E-state index < -0.39 is 28.3 Å². The highest BCUT2D eigenvalue weighted by Crippen LogP contribution is 2.22. The SMILES string of the molecule is Cc1ccc(-n2nc(C)cc2NC(=O)COC(=O)C[C@@H]2CCS(=O)(=O)C2)cc1. The number of hydrogen-bond acceptors (Lipinski definition) is 6. The van der Waals surface area contributed by atoms with Crippen LogP contribution in [0.25, 0.3) is 5.69 Å². The second kappa shape index (κ2) is 8.14. The van der Waals surface area contributed by atoms with Gasteiger partial charge >= 0.3 is 5.97 Å². The number of aromatic nitrogens is 2. The van der Waals surface area contributed by atoms with Crippen molar-refractivity contribution in [3.63, 3.8) is 0 Å². The fourth-order valence-electron chi connectivity index (χ4n) is 3.12. The fourth-order valence-corrected chi connectivity index (χ4v) is 4.99. The van der Waals surface area contributed by atoms with Gasteiger partial charge in [-0.05, 0) is 38.3 Å². The van der Waals surface area contributed by atoms with Gasteiger partial charge in [0, 0.05) is 12.5 Å². The van der Waals surface area contributed by atoms with Gasteiger partial charge in [-0.2, -0.15) is 5.10 Å². The van der Waals surface area contributed by atoms with Crippen molar-refractivity contribution in [3.8, 4) is 5.69 Å². The molecule has 1 aliphatic heterocycles. The van der Waals surface area contributed by atoms with Crippen molar-refractivity contribution in [2.75, 3.05) is 23.4 Å². The summed E-state index contributed by atoms with van der Waals surface area (Å²) in [6.45, 7) is 3.36. The van der Waals surface area contributed by atoms with Crippen LogP contribution in [0, 0.1) is 19.8 Å². The molecule has 0 saturated carbocycles. The van der Waals surface area contributed by atoms with Crippen molar-refractivity contribution in [1.29, 1.82) is 0 Å². The first-order chi connectivity index (χ1) is 13.2. The number of sulfone groups is 1. The van der Waals surface area contributed by atoms with E-state index in [-0.39, 0.29) is 23.8 Å². The predicted molar refractivity (Wildman–Crippen MR) is 104 cm³/mol. The maximum atomic E-state index is 12.2. The van der Waals surface area contributed by atoms with E-state index in [2.05, 4.69) is 10.4 Å². The quantitative estimate of drug-likeness (QED) is 0.735. The van der Waals surface area contributed by atoms with Gasteiger partial charge in [0.25, 0.3) is 5.91 Å². The Hall–Kier alpha value is -2.68. The van der Waals surface area contributed by atoms with Crippen molar-refractivity contribution in [3.05, 3.63) is 41.6 Å². The summed E-state index contributed by atoms with van der Waals surface area (Å²) in [6, 6.07) is 9.41. The Balaban J connectivity index is 1.55. The summed E-state index contributed by atoms with van der Waals surface area (Å²) < 4.78 is 29.5. The lowest BCUT2D eigenvalue weighted by molar-refractivity contribution is -0.148. The molecule has 1 saturated heterocycles. The molecule has 9 heteroatoms. The fraction of sp³-hybridized carbons (Fsp3) is 0.421. The zero-order valence-corrected chi connectivity index (χ0v) is 16.7. The van der Waals surface area contributed by atoms with Crippen molar-refractivity contribution in [2.45, 2.75) is 26.7 Å². The van der Waals surface area contributed by atoms with Crippen LogP contribution in [0.3, 0.4) is 0 Å². The zero-order valence-electron chi connectivity index (χ0n) is 15.8. The molecule has 1 amide bonds. The molecule has 3 rings (SSSR count). The van der Waals surface area contributed by atoms with E-state index in [0.29, 0.717) is 12.2 Å². The number of aryl methyl sites for hydroxylation is 2. The van der Waals surface area contributed by atoms with E-state index >= 15 is 0 Å². The van der Waals surface area contributed by atoms with Crippen LogP contribution in [0.5, 0.6) is 0 Å². The van der Waals surface area contributed by atoms with E-state index in [0.717, 1.165) is 16.9 Å². The van der Waals surface area contributed by atoms with Gasteiger partial charge in [0.05, 0.1) is 22.9 Å². The van der Waals surface area contributed by atoms with Crippen LogP contribution in [0.1, 0.15) is 24.1 Å². The highest BCUT2D eigenvalue weighted by atomic mass is 32.2. The predicted octanol–water partition coefficient (Wildman–Crippen LogP) is 1.80. The minimum Gasteiger partial charge on any atom is -0.456 e. The summed E-state index contributed by atoms with van der Waals surface area (Å²) in [6.07, 6.45) is 0.464. The minimum absolute atomic E-state index is 0.00328. The lowest BCUT2D eigenvalue weighted by Crippen LogP contribution is -2.23. The maximum Gasteiger partial charge on any atom is 0.306 e. The molecule has 0 radical (unpaired) electrons. The summed E-state index contributed by atoms with van der Waals surface area (Å²) >= 11 is 0. The number of esters is 1. The summed E-state index contributed by atoms with van der Waals surface area (Å²) in [7, 11) is -3.04. The van der Waals surface area contributed by atoms with Crippen LogP contribution in [0.15, 0.2) is 30.3 Å². The van der Waals surface area contributed by atoms with Crippen molar-refractivity contribution in [1.82, 2.24) is 9.78 Å². The molecule has 0 spiro atoms. The van der Waals surface area contributed by atoms with E-state index in [1.165, 1.54) is 0 Å². The van der Waals surface area contributed by atoms with Gasteiger partial charge in [0.2, 0.25) is 0 Å². The van der Waals surface area contributed by atoms with E-state index in [9.17, 15) is 18.0 Å². The van der Waals surface area contributed by atoms with Crippen LogP contribution < -0.4 is 5.32 Å². The molecule has 28 heavy (non-hydrogen) atoms. The first-order valence-corrected chi connectivity index (χ1v) is 10.8. The molecule has 8 nitrogen and oxygen atoms in total. The zero-order chi connectivity index (χ0) is 20.3. The summed E-state index contributed by atoms with van der Waals surface area (Å²) in [5, 5.41) is 7.07. The normalized spacial score (nSPS) is 18.0. The molecule has 0 unspecified atom stereocenters. The van der Waals surface area contributed by atoms with Gasteiger partial charge < -0.3 is 10.1 Å². The molecule has 1 aliphatic rings. The van der Waals surface area contributed by atoms with Crippen LogP contribution in [0.2, 0.25) is 0 Å². The largest absolute Gasteiger partial charge is 0.456 e. The van der Waals surface area contributed by atoms with Crippen molar-refractivity contribution >= 4 is 27.5 Å². The number of carbonyl (C=O) groups excluding carboxylic acids is 2.